The van der Waals surface area contributed by atoms with Gasteiger partial charge in [0.15, 0.2) is 0 Å². The van der Waals surface area contributed by atoms with E-state index in [1.807, 2.05) is 36.4 Å². The van der Waals surface area contributed by atoms with Gasteiger partial charge in [-0.2, -0.15) is 16.8 Å². The van der Waals surface area contributed by atoms with Crippen LogP contribution >= 0.6 is 0 Å². The van der Waals surface area contributed by atoms with Crippen molar-refractivity contribution in [3.05, 3.63) is 71.3 Å². The third-order valence-electron chi connectivity index (χ3n) is 4.01. The molecule has 0 unspecified atom stereocenters. The first-order chi connectivity index (χ1) is 15.5. The molecule has 0 aliphatic rings. The first-order valence-electron chi connectivity index (χ1n) is 9.29. The number of fused-ring (bicyclic) bond motifs is 1. The minimum absolute atomic E-state index is 0.0183. The molecule has 184 valence electrons. The van der Waals surface area contributed by atoms with E-state index < -0.39 is 26.2 Å². The fourth-order valence-corrected chi connectivity index (χ4v) is 2.72. The minimum atomic E-state index is -3.67. The van der Waals surface area contributed by atoms with E-state index in [0.717, 1.165) is 21.9 Å². The summed E-state index contributed by atoms with van der Waals surface area (Å²) < 4.78 is 51.7. The van der Waals surface area contributed by atoms with Gasteiger partial charge in [-0.15, -0.1) is 0 Å². The zero-order valence-electron chi connectivity index (χ0n) is 18.3. The Labute approximate surface area is 197 Å². The normalized spacial score (nSPS) is 11.0. The Morgan fingerprint density at radius 1 is 0.882 bits per heavy atom. The van der Waals surface area contributed by atoms with Crippen LogP contribution < -0.4 is 11.5 Å². The summed E-state index contributed by atoms with van der Waals surface area (Å²) in [6.45, 7) is 0.350. The highest BCUT2D eigenvalue weighted by molar-refractivity contribution is 7.85. The third-order valence-corrected chi connectivity index (χ3v) is 4.01. The number of nitrogen functional groups attached to an aromatic ring is 1. The molecular weight excluding hydrogens is 486 g/mol. The number of amidine groups is 1. The van der Waals surface area contributed by atoms with Crippen LogP contribution in [-0.2, 0) is 26.8 Å². The molecule has 34 heavy (non-hydrogen) atoms. The van der Waals surface area contributed by atoms with Crippen molar-refractivity contribution < 1.29 is 35.8 Å². The van der Waals surface area contributed by atoms with Crippen LogP contribution in [0.15, 0.2) is 54.6 Å². The zero-order valence-corrected chi connectivity index (χ0v) is 19.9. The molecule has 0 saturated carbocycles. The average molecular weight is 512 g/mol. The Morgan fingerprint density at radius 3 is 1.85 bits per heavy atom. The Balaban J connectivity index is 0.000000489. The van der Waals surface area contributed by atoms with Crippen molar-refractivity contribution in [2.75, 3.05) is 12.5 Å². The van der Waals surface area contributed by atoms with Gasteiger partial charge in [-0.25, -0.2) is 4.79 Å². The molecule has 11 nitrogen and oxygen atoms in total. The van der Waals surface area contributed by atoms with Gasteiger partial charge in [-0.3, -0.25) is 14.5 Å². The summed E-state index contributed by atoms with van der Waals surface area (Å²) in [5, 5.41) is 18.8. The summed E-state index contributed by atoms with van der Waals surface area (Å²) in [4.78, 5) is 11.5. The summed E-state index contributed by atoms with van der Waals surface area (Å²) in [6.07, 6.45) is 1.43. The van der Waals surface area contributed by atoms with Crippen LogP contribution in [0.25, 0.3) is 21.9 Å². The standard InChI is InChI=1S/C19H17N3O2.2CH4O3S/c20-10-11-1-6-16(19(23)24)17(7-11)14-4-2-13-9-15(18(21)22)5-3-12(13)8-14;2*1-5(2,3)4/h1-9H,10,20H2,(H3,21,22)(H,23,24);2*1H3,(H,2,3,4). The van der Waals surface area contributed by atoms with Gasteiger partial charge >= 0.3 is 5.97 Å². The lowest BCUT2D eigenvalue weighted by atomic mass is 9.94. The molecule has 0 radical (unpaired) electrons. The molecule has 3 aromatic rings. The SMILES string of the molecule is CS(=O)(=O)O.CS(=O)(=O)O.N=C(N)c1ccc2cc(-c3cc(CN)ccc3C(=O)O)ccc2c1. The second-order valence-corrected chi connectivity index (χ2v) is 9.98. The molecule has 0 amide bonds. The van der Waals surface area contributed by atoms with Crippen LogP contribution in [0, 0.1) is 5.41 Å². The summed E-state index contributed by atoms with van der Waals surface area (Å²) in [7, 11) is -7.33. The van der Waals surface area contributed by atoms with Crippen LogP contribution in [0.5, 0.6) is 0 Å². The fourth-order valence-electron chi connectivity index (χ4n) is 2.72. The van der Waals surface area contributed by atoms with E-state index in [1.165, 1.54) is 0 Å². The van der Waals surface area contributed by atoms with Gasteiger partial charge in [-0.1, -0.05) is 30.3 Å². The summed E-state index contributed by atoms with van der Waals surface area (Å²) >= 11 is 0. The second-order valence-electron chi connectivity index (χ2n) is 7.05. The lowest BCUT2D eigenvalue weighted by Crippen LogP contribution is -2.10. The maximum absolute atomic E-state index is 11.5. The van der Waals surface area contributed by atoms with Gasteiger partial charge in [0.25, 0.3) is 20.2 Å². The van der Waals surface area contributed by atoms with Gasteiger partial charge in [0, 0.05) is 12.1 Å². The molecule has 0 heterocycles. The van der Waals surface area contributed by atoms with Crippen molar-refractivity contribution in [3.8, 4) is 11.1 Å². The van der Waals surface area contributed by atoms with E-state index in [-0.39, 0.29) is 11.4 Å². The maximum Gasteiger partial charge on any atom is 0.336 e. The van der Waals surface area contributed by atoms with E-state index in [9.17, 15) is 26.7 Å². The average Bonchev–Trinajstić information content (AvgIpc) is 2.70. The Hall–Kier alpha value is -3.36. The number of nitrogens with two attached hydrogens (primary N) is 2. The van der Waals surface area contributed by atoms with Crippen LogP contribution in [0.3, 0.4) is 0 Å². The quantitative estimate of drug-likeness (QED) is 0.170. The number of aromatic carboxylic acids is 1. The summed E-state index contributed by atoms with van der Waals surface area (Å²) in [5.74, 6) is -0.953. The molecular formula is C21H25N3O8S2. The molecule has 0 aromatic heterocycles. The largest absolute Gasteiger partial charge is 0.478 e. The van der Waals surface area contributed by atoms with Gasteiger partial charge in [0.1, 0.15) is 5.84 Å². The Kier molecular flexibility index (Phi) is 9.84. The minimum Gasteiger partial charge on any atom is -0.478 e. The van der Waals surface area contributed by atoms with Gasteiger partial charge in [-0.05, 0) is 51.7 Å². The lowest BCUT2D eigenvalue weighted by Gasteiger charge is -2.10. The molecule has 0 atom stereocenters. The predicted molar refractivity (Wildman–Crippen MR) is 130 cm³/mol. The van der Waals surface area contributed by atoms with Crippen LogP contribution in [0.1, 0.15) is 21.5 Å². The Bertz CT molecular complexity index is 1370. The van der Waals surface area contributed by atoms with E-state index in [0.29, 0.717) is 30.2 Å². The molecule has 13 heteroatoms. The highest BCUT2D eigenvalue weighted by Gasteiger charge is 2.13. The van der Waals surface area contributed by atoms with Crippen molar-refractivity contribution in [1.29, 1.82) is 5.41 Å². The van der Waals surface area contributed by atoms with Crippen LogP contribution in [0.2, 0.25) is 0 Å². The van der Waals surface area contributed by atoms with E-state index >= 15 is 0 Å². The van der Waals surface area contributed by atoms with Crippen molar-refractivity contribution >= 4 is 42.8 Å². The predicted octanol–water partition coefficient (Wildman–Crippen LogP) is 1.96. The Morgan fingerprint density at radius 2 is 1.38 bits per heavy atom. The smallest absolute Gasteiger partial charge is 0.336 e. The fraction of sp³-hybridized carbons (Fsp3) is 0.143. The van der Waals surface area contributed by atoms with Crippen LogP contribution in [-0.4, -0.2) is 55.4 Å². The molecule has 3 rings (SSSR count). The van der Waals surface area contributed by atoms with Gasteiger partial charge in [0.2, 0.25) is 0 Å². The monoisotopic (exact) mass is 511 g/mol. The topological polar surface area (TPSA) is 222 Å². The zero-order chi connectivity index (χ0) is 26.3. The van der Waals surface area contributed by atoms with Crippen molar-refractivity contribution in [1.82, 2.24) is 0 Å². The molecule has 0 aliphatic heterocycles. The van der Waals surface area contributed by atoms with E-state index in [2.05, 4.69) is 0 Å². The number of benzene rings is 3. The van der Waals surface area contributed by atoms with Gasteiger partial charge in [0.05, 0.1) is 18.1 Å². The number of hydrogen-bond donors (Lipinski definition) is 6. The van der Waals surface area contributed by atoms with E-state index in [1.54, 1.807) is 18.2 Å². The number of carboxylic acids is 1. The second kappa shape index (κ2) is 11.7. The molecule has 8 N–H and O–H groups in total. The summed E-state index contributed by atoms with van der Waals surface area (Å²) in [5.41, 5.74) is 14.4. The highest BCUT2D eigenvalue weighted by atomic mass is 32.2. The van der Waals surface area contributed by atoms with Crippen molar-refractivity contribution in [3.63, 3.8) is 0 Å². The number of nitrogens with one attached hydrogen (secondary N) is 1. The van der Waals surface area contributed by atoms with Crippen LogP contribution in [0.4, 0.5) is 0 Å². The molecule has 3 aromatic carbocycles. The van der Waals surface area contributed by atoms with E-state index in [4.69, 9.17) is 26.0 Å². The third kappa shape index (κ3) is 10.5. The molecule has 0 bridgehead atoms. The number of rotatable bonds is 4. The molecule has 0 fully saturated rings. The first-order valence-corrected chi connectivity index (χ1v) is 13.0. The lowest BCUT2D eigenvalue weighted by molar-refractivity contribution is 0.0697. The number of carbonyl (C=O) groups is 1. The number of carboxylic acid groups (broad SMARTS) is 1. The van der Waals surface area contributed by atoms with Crippen molar-refractivity contribution in [2.45, 2.75) is 6.54 Å². The maximum atomic E-state index is 11.5. The van der Waals surface area contributed by atoms with Crippen molar-refractivity contribution in [2.24, 2.45) is 11.5 Å². The van der Waals surface area contributed by atoms with Gasteiger partial charge < -0.3 is 16.6 Å². The molecule has 0 aliphatic carbocycles. The molecule has 0 spiro atoms. The highest BCUT2D eigenvalue weighted by Crippen LogP contribution is 2.29. The molecule has 0 saturated heterocycles. The summed E-state index contributed by atoms with van der Waals surface area (Å²) in [6, 6.07) is 16.3. The first kappa shape index (κ1) is 28.7. The number of hydrogen-bond acceptors (Lipinski definition) is 7.